The topological polar surface area (TPSA) is 145 Å². The third-order valence-corrected chi connectivity index (χ3v) is 8.24. The minimum Gasteiger partial charge on any atom is -0.457 e. The van der Waals surface area contributed by atoms with Crippen molar-refractivity contribution in [3.63, 3.8) is 0 Å². The zero-order valence-electron chi connectivity index (χ0n) is 24.7. The first-order chi connectivity index (χ1) is 21.3. The van der Waals surface area contributed by atoms with Crippen LogP contribution in [-0.2, 0) is 9.53 Å². The van der Waals surface area contributed by atoms with Gasteiger partial charge in [-0.2, -0.15) is 5.26 Å². The Balaban J connectivity index is 1.28. The smallest absolute Gasteiger partial charge is 0.335 e. The number of carbonyl (C=O) groups is 1. The summed E-state index contributed by atoms with van der Waals surface area (Å²) >= 11 is 0. The molecule has 1 amide bonds. The number of para-hydroxylation sites is 1. The van der Waals surface area contributed by atoms with Crippen molar-refractivity contribution in [3.05, 3.63) is 83.1 Å². The first kappa shape index (κ1) is 29.1. The van der Waals surface area contributed by atoms with Gasteiger partial charge in [0.1, 0.15) is 35.0 Å². The van der Waals surface area contributed by atoms with E-state index in [2.05, 4.69) is 20.9 Å². The SMILES string of the molecule is CC(C)(/C=C(/C#N)C(=O)N1CCC(n2c(=O)n(-c3ccc(Oc4ccccc4)cc3)c3c(N)ncnc32)C1)N1CCOCC1. The molecule has 4 aromatic rings. The van der Waals surface area contributed by atoms with Crippen LogP contribution >= 0.6 is 0 Å². The van der Waals surface area contributed by atoms with Gasteiger partial charge < -0.3 is 20.1 Å². The van der Waals surface area contributed by atoms with Gasteiger partial charge >= 0.3 is 5.69 Å². The standard InChI is InChI=1S/C32H34N8O4/c1-32(2,38-14-16-43-17-15-38)18-22(19-33)30(41)37-13-12-24(20-37)40-29-27(28(34)35-21-36-29)39(31(40)42)23-8-10-26(11-9-23)44-25-6-4-3-5-7-25/h3-11,18,21,24H,12-17,20H2,1-2H3,(H2,34,35,36)/b22-18-. The first-order valence-corrected chi connectivity index (χ1v) is 14.6. The van der Waals surface area contributed by atoms with Gasteiger partial charge in [-0.1, -0.05) is 18.2 Å². The predicted molar refractivity (Wildman–Crippen MR) is 164 cm³/mol. The Morgan fingerprint density at radius 3 is 2.48 bits per heavy atom. The van der Waals surface area contributed by atoms with Gasteiger partial charge in [-0.15, -0.1) is 0 Å². The normalized spacial score (nSPS) is 18.0. The van der Waals surface area contributed by atoms with E-state index in [-0.39, 0.29) is 35.6 Å². The molecule has 6 rings (SSSR count). The van der Waals surface area contributed by atoms with E-state index < -0.39 is 5.54 Å². The van der Waals surface area contributed by atoms with E-state index >= 15 is 0 Å². The minimum absolute atomic E-state index is 0.0845. The van der Waals surface area contributed by atoms with Crippen LogP contribution in [0.4, 0.5) is 5.82 Å². The van der Waals surface area contributed by atoms with Crippen LogP contribution < -0.4 is 16.2 Å². The molecule has 0 saturated carbocycles. The van der Waals surface area contributed by atoms with Gasteiger partial charge in [0.2, 0.25) is 0 Å². The number of likely N-dealkylation sites (tertiary alicyclic amines) is 1. The van der Waals surface area contributed by atoms with Crippen LogP contribution in [-0.4, -0.2) is 79.7 Å². The van der Waals surface area contributed by atoms with Crippen molar-refractivity contribution in [3.8, 4) is 23.3 Å². The van der Waals surface area contributed by atoms with Crippen LogP contribution in [0.15, 0.2) is 77.4 Å². The number of nitrogen functional groups attached to an aromatic ring is 1. The summed E-state index contributed by atoms with van der Waals surface area (Å²) in [4.78, 5) is 40.0. The average Bonchev–Trinajstić information content (AvgIpc) is 3.64. The molecule has 0 spiro atoms. The Morgan fingerprint density at radius 2 is 1.77 bits per heavy atom. The number of nitriles is 1. The molecule has 4 heterocycles. The molecule has 12 heteroatoms. The van der Waals surface area contributed by atoms with Crippen molar-refractivity contribution in [2.24, 2.45) is 0 Å². The van der Waals surface area contributed by atoms with Gasteiger partial charge in [0.15, 0.2) is 11.5 Å². The van der Waals surface area contributed by atoms with Crippen LogP contribution in [0.1, 0.15) is 26.3 Å². The summed E-state index contributed by atoms with van der Waals surface area (Å²) in [5, 5.41) is 9.94. The predicted octanol–water partition coefficient (Wildman–Crippen LogP) is 3.29. The highest BCUT2D eigenvalue weighted by Gasteiger charge is 2.35. The number of amides is 1. The molecule has 2 aliphatic rings. The highest BCUT2D eigenvalue weighted by Crippen LogP contribution is 2.30. The molecule has 226 valence electrons. The Hall–Kier alpha value is -4.99. The monoisotopic (exact) mass is 594 g/mol. The van der Waals surface area contributed by atoms with E-state index in [9.17, 15) is 14.9 Å². The second-order valence-corrected chi connectivity index (χ2v) is 11.4. The van der Waals surface area contributed by atoms with Gasteiger partial charge in [-0.3, -0.25) is 18.8 Å². The molecular weight excluding hydrogens is 560 g/mol. The number of nitrogens with zero attached hydrogens (tertiary/aromatic N) is 7. The Labute approximate surface area is 254 Å². The van der Waals surface area contributed by atoms with Crippen molar-refractivity contribution in [2.75, 3.05) is 45.1 Å². The van der Waals surface area contributed by atoms with Crippen LogP contribution in [0.25, 0.3) is 16.9 Å². The second kappa shape index (κ2) is 11.9. The highest BCUT2D eigenvalue weighted by atomic mass is 16.5. The summed E-state index contributed by atoms with van der Waals surface area (Å²) in [7, 11) is 0. The maximum absolute atomic E-state index is 14.0. The number of anilines is 1. The van der Waals surface area contributed by atoms with Crippen molar-refractivity contribution in [2.45, 2.75) is 31.8 Å². The summed E-state index contributed by atoms with van der Waals surface area (Å²) in [5.41, 5.74) is 6.89. The third-order valence-electron chi connectivity index (χ3n) is 8.24. The molecule has 2 N–H and O–H groups in total. The number of ether oxygens (including phenoxy) is 2. The molecule has 1 atom stereocenters. The van der Waals surface area contributed by atoms with Gasteiger partial charge in [0, 0.05) is 31.7 Å². The molecule has 2 aromatic carbocycles. The van der Waals surface area contributed by atoms with E-state index in [1.54, 1.807) is 39.8 Å². The van der Waals surface area contributed by atoms with Crippen molar-refractivity contribution >= 4 is 22.9 Å². The van der Waals surface area contributed by atoms with Crippen LogP contribution in [0, 0.1) is 11.3 Å². The highest BCUT2D eigenvalue weighted by molar-refractivity contribution is 5.97. The van der Waals surface area contributed by atoms with Crippen LogP contribution in [0.2, 0.25) is 0 Å². The summed E-state index contributed by atoms with van der Waals surface area (Å²) in [5.74, 6) is 1.13. The Kier molecular flexibility index (Phi) is 7.90. The van der Waals surface area contributed by atoms with Crippen molar-refractivity contribution < 1.29 is 14.3 Å². The molecule has 2 aliphatic heterocycles. The van der Waals surface area contributed by atoms with E-state index in [0.29, 0.717) is 54.5 Å². The number of fused-ring (bicyclic) bond motifs is 1. The molecule has 44 heavy (non-hydrogen) atoms. The van der Waals surface area contributed by atoms with E-state index in [4.69, 9.17) is 15.2 Å². The number of benzene rings is 2. The number of aromatic nitrogens is 4. The molecule has 2 aromatic heterocycles. The zero-order chi connectivity index (χ0) is 30.8. The number of nitrogens with two attached hydrogens (primary N) is 1. The number of morpholine rings is 1. The molecule has 2 saturated heterocycles. The molecule has 0 aliphatic carbocycles. The molecule has 1 unspecified atom stereocenters. The lowest BCUT2D eigenvalue weighted by atomic mass is 9.98. The first-order valence-electron chi connectivity index (χ1n) is 14.6. The van der Waals surface area contributed by atoms with Crippen LogP contribution in [0.3, 0.4) is 0 Å². The zero-order valence-corrected chi connectivity index (χ0v) is 24.7. The average molecular weight is 595 g/mol. The summed E-state index contributed by atoms with van der Waals surface area (Å²) < 4.78 is 14.4. The number of hydrogen-bond acceptors (Lipinski definition) is 9. The maximum Gasteiger partial charge on any atom is 0.335 e. The second-order valence-electron chi connectivity index (χ2n) is 11.4. The number of carbonyl (C=O) groups excluding carboxylic acids is 1. The van der Waals surface area contributed by atoms with Crippen molar-refractivity contribution in [1.82, 2.24) is 28.9 Å². The van der Waals surface area contributed by atoms with Crippen molar-refractivity contribution in [1.29, 1.82) is 5.26 Å². The Morgan fingerprint density at radius 1 is 1.07 bits per heavy atom. The van der Waals surface area contributed by atoms with E-state index in [1.165, 1.54) is 10.9 Å². The molecule has 2 fully saturated rings. The van der Waals surface area contributed by atoms with Gasteiger partial charge in [-0.25, -0.2) is 14.8 Å². The molecule has 0 radical (unpaired) electrons. The minimum atomic E-state index is -0.496. The van der Waals surface area contributed by atoms with E-state index in [0.717, 1.165) is 13.1 Å². The quantitative estimate of drug-likeness (QED) is 0.252. The lowest BCUT2D eigenvalue weighted by Crippen LogP contribution is -2.49. The number of rotatable bonds is 7. The summed E-state index contributed by atoms with van der Waals surface area (Å²) in [6.45, 7) is 7.31. The van der Waals surface area contributed by atoms with Crippen LogP contribution in [0.5, 0.6) is 11.5 Å². The number of hydrogen-bond donors (Lipinski definition) is 1. The number of imidazole rings is 1. The molecular formula is C32H34N8O4. The van der Waals surface area contributed by atoms with Gasteiger partial charge in [-0.05, 0) is 62.7 Å². The molecule has 12 nitrogen and oxygen atoms in total. The summed E-state index contributed by atoms with van der Waals surface area (Å²) in [6.07, 6.45) is 3.59. The lowest BCUT2D eigenvalue weighted by molar-refractivity contribution is -0.125. The van der Waals surface area contributed by atoms with E-state index in [1.807, 2.05) is 44.2 Å². The fourth-order valence-corrected chi connectivity index (χ4v) is 5.96. The molecule has 0 bridgehead atoms. The fourth-order valence-electron chi connectivity index (χ4n) is 5.96. The fraction of sp³-hybridized carbons (Fsp3) is 0.344. The third kappa shape index (κ3) is 5.55. The summed E-state index contributed by atoms with van der Waals surface area (Å²) in [6, 6.07) is 18.3. The maximum atomic E-state index is 14.0. The van der Waals surface area contributed by atoms with Gasteiger partial charge in [0.25, 0.3) is 5.91 Å². The largest absolute Gasteiger partial charge is 0.457 e. The lowest BCUT2D eigenvalue weighted by Gasteiger charge is -2.39. The van der Waals surface area contributed by atoms with Gasteiger partial charge in [0.05, 0.1) is 24.9 Å². The Bertz CT molecular complexity index is 1800.